The van der Waals surface area contributed by atoms with Crippen LogP contribution >= 0.6 is 11.3 Å². The van der Waals surface area contributed by atoms with Crippen LogP contribution in [-0.2, 0) is 0 Å². The van der Waals surface area contributed by atoms with Gasteiger partial charge in [0.15, 0.2) is 0 Å². The Morgan fingerprint density at radius 1 is 0.708 bits per heavy atom. The number of benzene rings is 3. The average molecular weight is 333 g/mol. The second kappa shape index (κ2) is 6.64. The standard InChI is InChI=1S/C20H16N3S/c1-4-10-16(11-5-1)19-23(18-14-8-3-9-15-18)22-20(24-19)21-17-12-6-2-7-13-17/h1-15H,(H,21,22)/q+1/i21+1,22+1,23+1. The van der Waals surface area contributed by atoms with Gasteiger partial charge < -0.3 is 5.32 Å². The third kappa shape index (κ3) is 3.05. The molecule has 0 fully saturated rings. The van der Waals surface area contributed by atoms with Gasteiger partial charge in [-0.1, -0.05) is 54.6 Å². The van der Waals surface area contributed by atoms with Crippen LogP contribution < -0.4 is 10.00 Å². The first-order valence-electron chi connectivity index (χ1n) is 7.76. The lowest BCUT2D eigenvalue weighted by atomic mass is 10.2. The van der Waals surface area contributed by atoms with E-state index in [0.29, 0.717) is 0 Å². The Balaban J connectivity index is 1.79. The lowest BCUT2D eigenvalue weighted by molar-refractivity contribution is -0.642. The summed E-state index contributed by atoms with van der Waals surface area (Å²) < 4.78 is 1.99. The van der Waals surface area contributed by atoms with E-state index >= 15 is 0 Å². The number of para-hydroxylation sites is 2. The molecule has 3 nitrogen and oxygen atoms in total. The summed E-state index contributed by atoms with van der Waals surface area (Å²) in [5.41, 5.74) is 3.24. The van der Waals surface area contributed by atoms with Gasteiger partial charge in [-0.15, -0.1) is 0 Å². The molecule has 4 heteroatoms. The van der Waals surface area contributed by atoms with Gasteiger partial charge in [-0.25, -0.2) is 0 Å². The van der Waals surface area contributed by atoms with E-state index in [9.17, 15) is 0 Å². The SMILES string of the molecule is c1ccc([15NH]c2[15n][15n+](-c3ccccc3)c(-c3ccccc3)s2)cc1. The maximum absolute atomic E-state index is 4.78. The highest BCUT2D eigenvalue weighted by Gasteiger charge is 2.23. The molecule has 0 atom stereocenters. The van der Waals surface area contributed by atoms with E-state index < -0.39 is 0 Å². The molecule has 3 aromatic carbocycles. The smallest absolute Gasteiger partial charge is 0.304 e. The topological polar surface area (TPSA) is 28.8 Å². The number of hydrogen-bond donors (Lipinski definition) is 1. The molecule has 1 aromatic heterocycles. The minimum absolute atomic E-state index is 0.865. The van der Waals surface area contributed by atoms with E-state index in [1.807, 2.05) is 59.3 Å². The van der Waals surface area contributed by atoms with Crippen LogP contribution in [0.4, 0.5) is 10.8 Å². The predicted molar refractivity (Wildman–Crippen MR) is 98.8 cm³/mol. The molecule has 0 saturated carbocycles. The zero-order valence-electron chi connectivity index (χ0n) is 13.0. The van der Waals surface area contributed by atoms with Gasteiger partial charge in [-0.2, -0.15) is 0 Å². The molecule has 4 rings (SSSR count). The van der Waals surface area contributed by atoms with E-state index in [-0.39, 0.29) is 0 Å². The van der Waals surface area contributed by atoms with E-state index in [4.69, 9.17) is 5.10 Å². The lowest BCUT2D eigenvalue weighted by Gasteiger charge is -1.97. The van der Waals surface area contributed by atoms with Crippen LogP contribution in [0, 0.1) is 0 Å². The molecule has 0 bridgehead atoms. The largest absolute Gasteiger partial charge is 0.327 e. The number of aromatic nitrogens is 2. The molecule has 0 spiro atoms. The van der Waals surface area contributed by atoms with Gasteiger partial charge in [-0.05, 0) is 40.3 Å². The molecule has 0 saturated heterocycles. The van der Waals surface area contributed by atoms with Gasteiger partial charge in [0, 0.05) is 22.9 Å². The first-order chi connectivity index (χ1) is 11.9. The van der Waals surface area contributed by atoms with E-state index in [1.54, 1.807) is 11.3 Å². The van der Waals surface area contributed by atoms with Crippen molar-refractivity contribution in [1.29, 1.82) is 0 Å². The Morgan fingerprint density at radius 2 is 1.29 bits per heavy atom. The number of nitrogens with zero attached hydrogens (tertiary/aromatic N) is 2. The molecule has 0 radical (unpaired) electrons. The van der Waals surface area contributed by atoms with Gasteiger partial charge in [0.2, 0.25) is 5.69 Å². The van der Waals surface area contributed by atoms with Crippen molar-refractivity contribution in [3.63, 3.8) is 0 Å². The van der Waals surface area contributed by atoms with E-state index in [1.165, 1.54) is 0 Å². The average Bonchev–Trinajstić information content (AvgIpc) is 3.08. The monoisotopic (exact) mass is 333 g/mol. The van der Waals surface area contributed by atoms with Crippen LogP contribution in [-0.4, -0.2) is 5.10 Å². The zero-order valence-corrected chi connectivity index (χ0v) is 13.8. The van der Waals surface area contributed by atoms with E-state index in [0.717, 1.165) is 27.1 Å². The third-order valence-electron chi connectivity index (χ3n) is 3.62. The minimum atomic E-state index is 0.865. The summed E-state index contributed by atoms with van der Waals surface area (Å²) in [6.45, 7) is 0. The summed E-state index contributed by atoms with van der Waals surface area (Å²) in [6.07, 6.45) is 0. The second-order valence-electron chi connectivity index (χ2n) is 5.32. The number of nitrogens with one attached hydrogen (secondary N) is 1. The summed E-state index contributed by atoms with van der Waals surface area (Å²) in [5, 5.41) is 10.1. The van der Waals surface area contributed by atoms with Crippen molar-refractivity contribution in [2.24, 2.45) is 0 Å². The predicted octanol–water partition coefficient (Wildman–Crippen LogP) is 4.83. The van der Waals surface area contributed by atoms with Crippen LogP contribution in [0.2, 0.25) is 0 Å². The van der Waals surface area contributed by atoms with Crippen molar-refractivity contribution in [1.82, 2.24) is 5.10 Å². The van der Waals surface area contributed by atoms with Crippen LogP contribution in [0.5, 0.6) is 0 Å². The van der Waals surface area contributed by atoms with Gasteiger partial charge in [-0.3, -0.25) is 0 Å². The van der Waals surface area contributed by atoms with Crippen molar-refractivity contribution in [2.75, 3.05) is 5.32 Å². The summed E-state index contributed by atoms with van der Waals surface area (Å²) in [6, 6.07) is 30.7. The van der Waals surface area contributed by atoms with Gasteiger partial charge in [0.1, 0.15) is 0 Å². The lowest BCUT2D eigenvalue weighted by Crippen LogP contribution is -2.34. The summed E-state index contributed by atoms with van der Waals surface area (Å²) in [7, 11) is 0. The Hall–Kier alpha value is -2.98. The Labute approximate surface area is 144 Å². The molecule has 4 aromatic rings. The van der Waals surface area contributed by atoms with Crippen molar-refractivity contribution in [2.45, 2.75) is 0 Å². The van der Waals surface area contributed by atoms with Crippen LogP contribution in [0.1, 0.15) is 0 Å². The number of anilines is 2. The molecule has 0 aliphatic rings. The molecule has 1 N–H and O–H groups in total. The minimum Gasteiger partial charge on any atom is -0.327 e. The second-order valence-corrected chi connectivity index (χ2v) is 6.29. The Morgan fingerprint density at radius 3 is 1.96 bits per heavy atom. The maximum atomic E-state index is 4.78. The molecule has 116 valence electrons. The fourth-order valence-electron chi connectivity index (χ4n) is 2.49. The van der Waals surface area contributed by atoms with Gasteiger partial charge >= 0.3 is 5.01 Å². The first kappa shape index (κ1) is 14.6. The molecule has 1 heterocycles. The highest BCUT2D eigenvalue weighted by molar-refractivity contribution is 7.18. The number of hydrogen-bond acceptors (Lipinski definition) is 3. The molecular weight excluding hydrogens is 317 g/mol. The molecule has 0 unspecified atom stereocenters. The molecule has 24 heavy (non-hydrogen) atoms. The fourth-order valence-corrected chi connectivity index (χ4v) is 3.45. The highest BCUT2D eigenvalue weighted by atomic mass is 32.1. The van der Waals surface area contributed by atoms with Crippen LogP contribution in [0.15, 0.2) is 91.0 Å². The molecular formula is C20H16N3S+. The van der Waals surface area contributed by atoms with Crippen molar-refractivity contribution >= 4 is 22.2 Å². The zero-order chi connectivity index (χ0) is 16.2. The van der Waals surface area contributed by atoms with Crippen molar-refractivity contribution < 1.29 is 4.68 Å². The van der Waals surface area contributed by atoms with Crippen molar-refractivity contribution in [3.8, 4) is 16.3 Å². The molecule has 0 aliphatic heterocycles. The summed E-state index contributed by atoms with van der Waals surface area (Å²) in [5.74, 6) is 0. The van der Waals surface area contributed by atoms with Crippen molar-refractivity contribution in [3.05, 3.63) is 91.0 Å². The summed E-state index contributed by atoms with van der Waals surface area (Å²) in [4.78, 5) is 0. The number of rotatable bonds is 4. The molecule has 0 aliphatic carbocycles. The first-order valence-corrected chi connectivity index (χ1v) is 8.58. The molecule has 0 amide bonds. The Bertz CT molecular complexity index is 862. The fraction of sp³-hybridized carbons (Fsp3) is 0. The van der Waals surface area contributed by atoms with Gasteiger partial charge in [0.25, 0.3) is 5.13 Å². The Kier molecular flexibility index (Phi) is 4.04. The normalized spacial score (nSPS) is 10.5. The quantitative estimate of drug-likeness (QED) is 0.428. The maximum Gasteiger partial charge on any atom is 0.304 e. The van der Waals surface area contributed by atoms with Gasteiger partial charge in [0.05, 0.1) is 5.56 Å². The highest BCUT2D eigenvalue weighted by Crippen LogP contribution is 2.28. The van der Waals surface area contributed by atoms with Crippen LogP contribution in [0.3, 0.4) is 0 Å². The van der Waals surface area contributed by atoms with Crippen LogP contribution in [0.25, 0.3) is 16.3 Å². The summed E-state index contributed by atoms with van der Waals surface area (Å²) >= 11 is 1.64. The van der Waals surface area contributed by atoms with E-state index in [2.05, 4.69) is 41.7 Å². The third-order valence-corrected chi connectivity index (χ3v) is 4.60.